The fourth-order valence-electron chi connectivity index (χ4n) is 4.19. The number of hydrogen-bond acceptors (Lipinski definition) is 5. The highest BCUT2D eigenvalue weighted by molar-refractivity contribution is 9.10. The summed E-state index contributed by atoms with van der Waals surface area (Å²) in [5, 5.41) is 3.12. The van der Waals surface area contributed by atoms with Crippen LogP contribution in [-0.2, 0) is 19.3 Å². The smallest absolute Gasteiger partial charge is 0.262 e. The first kappa shape index (κ1) is 18.5. The SMILES string of the molecule is CON1CCC2(CC1)C(=O)C(c1c(C)cc(Br)cc1C)C(=O)N2OC. The van der Waals surface area contributed by atoms with Crippen molar-refractivity contribution >= 4 is 27.6 Å². The van der Waals surface area contributed by atoms with Gasteiger partial charge in [0, 0.05) is 17.6 Å². The van der Waals surface area contributed by atoms with Gasteiger partial charge in [0.05, 0.1) is 14.2 Å². The molecule has 3 rings (SSSR count). The zero-order valence-electron chi connectivity index (χ0n) is 15.0. The van der Waals surface area contributed by atoms with E-state index in [2.05, 4.69) is 15.9 Å². The van der Waals surface area contributed by atoms with Gasteiger partial charge in [-0.15, -0.1) is 0 Å². The van der Waals surface area contributed by atoms with Crippen LogP contribution in [0.2, 0.25) is 0 Å². The van der Waals surface area contributed by atoms with E-state index in [1.54, 1.807) is 12.2 Å². The number of rotatable bonds is 3. The van der Waals surface area contributed by atoms with Crippen molar-refractivity contribution in [2.24, 2.45) is 0 Å². The van der Waals surface area contributed by atoms with Crippen molar-refractivity contribution in [2.45, 2.75) is 38.1 Å². The molecule has 0 N–H and O–H groups in total. The van der Waals surface area contributed by atoms with Gasteiger partial charge >= 0.3 is 0 Å². The van der Waals surface area contributed by atoms with Gasteiger partial charge in [0.15, 0.2) is 5.78 Å². The van der Waals surface area contributed by atoms with Crippen LogP contribution in [0.15, 0.2) is 16.6 Å². The van der Waals surface area contributed by atoms with Crippen LogP contribution in [0.3, 0.4) is 0 Å². The summed E-state index contributed by atoms with van der Waals surface area (Å²) in [4.78, 5) is 37.2. The van der Waals surface area contributed by atoms with Crippen LogP contribution >= 0.6 is 15.9 Å². The second-order valence-electron chi connectivity index (χ2n) is 6.71. The first-order valence-electron chi connectivity index (χ1n) is 8.34. The largest absolute Gasteiger partial charge is 0.302 e. The third-order valence-electron chi connectivity index (χ3n) is 5.39. The second kappa shape index (κ2) is 6.79. The first-order valence-corrected chi connectivity index (χ1v) is 9.13. The van der Waals surface area contributed by atoms with Crippen molar-refractivity contribution in [3.8, 4) is 0 Å². The van der Waals surface area contributed by atoms with Crippen molar-refractivity contribution in [1.29, 1.82) is 0 Å². The third-order valence-corrected chi connectivity index (χ3v) is 5.85. The maximum atomic E-state index is 13.4. The van der Waals surface area contributed by atoms with Crippen LogP contribution in [0.1, 0.15) is 35.4 Å². The number of amides is 1. The Morgan fingerprint density at radius 1 is 1.08 bits per heavy atom. The summed E-state index contributed by atoms with van der Waals surface area (Å²) in [6, 6.07) is 3.89. The lowest BCUT2D eigenvalue weighted by Crippen LogP contribution is -2.55. The number of carbonyl (C=O) groups is 2. The number of halogens is 1. The van der Waals surface area contributed by atoms with Gasteiger partial charge in [0.25, 0.3) is 5.91 Å². The molecule has 2 heterocycles. The van der Waals surface area contributed by atoms with E-state index in [1.807, 2.05) is 26.0 Å². The molecular weight excluding hydrogens is 388 g/mol. The van der Waals surface area contributed by atoms with Gasteiger partial charge in [0.1, 0.15) is 11.5 Å². The summed E-state index contributed by atoms with van der Waals surface area (Å²) in [5.41, 5.74) is 1.76. The number of carbonyl (C=O) groups excluding carboxylic acids is 2. The Kier molecular flexibility index (Phi) is 5.03. The number of hydroxylamine groups is 4. The number of aryl methyl sites for hydroxylation is 2. The lowest BCUT2D eigenvalue weighted by atomic mass is 9.79. The molecule has 0 saturated carbocycles. The average molecular weight is 411 g/mol. The van der Waals surface area contributed by atoms with Crippen molar-refractivity contribution < 1.29 is 19.3 Å². The topological polar surface area (TPSA) is 59.1 Å². The average Bonchev–Trinajstić information content (AvgIpc) is 2.76. The highest BCUT2D eigenvalue weighted by atomic mass is 79.9. The van der Waals surface area contributed by atoms with Gasteiger partial charge in [0.2, 0.25) is 0 Å². The summed E-state index contributed by atoms with van der Waals surface area (Å²) < 4.78 is 0.941. The van der Waals surface area contributed by atoms with Crippen molar-refractivity contribution in [3.05, 3.63) is 33.3 Å². The third kappa shape index (κ3) is 2.83. The molecule has 2 saturated heterocycles. The summed E-state index contributed by atoms with van der Waals surface area (Å²) in [5.74, 6) is -1.14. The maximum Gasteiger partial charge on any atom is 0.262 e. The monoisotopic (exact) mass is 410 g/mol. The molecule has 2 fully saturated rings. The van der Waals surface area contributed by atoms with Gasteiger partial charge in [-0.25, -0.2) is 5.06 Å². The minimum absolute atomic E-state index is 0.0661. The van der Waals surface area contributed by atoms with Gasteiger partial charge in [-0.05, 0) is 55.5 Å². The molecule has 136 valence electrons. The Hall–Kier alpha value is -1.28. The fraction of sp³-hybridized carbons (Fsp3) is 0.556. The van der Waals surface area contributed by atoms with Crippen LogP contribution in [0.4, 0.5) is 0 Å². The molecule has 1 aromatic carbocycles. The number of ketones is 1. The van der Waals surface area contributed by atoms with Gasteiger partial charge in [-0.1, -0.05) is 15.9 Å². The van der Waals surface area contributed by atoms with Crippen molar-refractivity contribution in [2.75, 3.05) is 27.3 Å². The van der Waals surface area contributed by atoms with E-state index in [0.717, 1.165) is 21.2 Å². The minimum Gasteiger partial charge on any atom is -0.302 e. The molecule has 2 aliphatic rings. The quantitative estimate of drug-likeness (QED) is 0.716. The molecule has 1 spiro atoms. The minimum atomic E-state index is -0.905. The van der Waals surface area contributed by atoms with Crippen LogP contribution in [0, 0.1) is 13.8 Å². The van der Waals surface area contributed by atoms with E-state index < -0.39 is 11.5 Å². The fourth-order valence-corrected chi connectivity index (χ4v) is 4.88. The molecule has 2 aliphatic heterocycles. The molecule has 6 nitrogen and oxygen atoms in total. The molecular formula is C18H23BrN2O4. The lowest BCUT2D eigenvalue weighted by Gasteiger charge is -2.40. The Morgan fingerprint density at radius 2 is 1.64 bits per heavy atom. The van der Waals surface area contributed by atoms with E-state index in [9.17, 15) is 9.59 Å². The van der Waals surface area contributed by atoms with Gasteiger partial charge in [-0.2, -0.15) is 5.06 Å². The molecule has 1 amide bonds. The first-order chi connectivity index (χ1) is 11.9. The zero-order chi connectivity index (χ0) is 18.4. The van der Waals surface area contributed by atoms with Gasteiger partial charge in [-0.3, -0.25) is 14.4 Å². The van der Waals surface area contributed by atoms with Crippen LogP contribution < -0.4 is 0 Å². The number of Topliss-reactive ketones (excluding diaryl/α,β-unsaturated/α-hetero) is 1. The summed E-state index contributed by atoms with van der Waals surface area (Å²) >= 11 is 3.47. The Bertz CT molecular complexity index is 690. The van der Waals surface area contributed by atoms with E-state index in [4.69, 9.17) is 9.68 Å². The standard InChI is InChI=1S/C18H23BrN2O4/c1-11-9-13(19)10-12(2)14(11)15-16(22)18(21(25-4)17(15)23)5-7-20(24-3)8-6-18/h9-10,15H,5-8H2,1-4H3. The number of nitrogens with zero attached hydrogens (tertiary/aromatic N) is 2. The molecule has 0 bridgehead atoms. The van der Waals surface area contributed by atoms with Crippen molar-refractivity contribution in [3.63, 3.8) is 0 Å². The molecule has 0 radical (unpaired) electrons. The number of hydrogen-bond donors (Lipinski definition) is 0. The van der Waals surface area contributed by atoms with Crippen LogP contribution in [-0.4, -0.2) is 54.7 Å². The molecule has 1 unspecified atom stereocenters. The summed E-state index contributed by atoms with van der Waals surface area (Å²) in [6.07, 6.45) is 1.01. The van der Waals surface area contributed by atoms with Gasteiger partial charge < -0.3 is 4.84 Å². The molecule has 1 atom stereocenters. The number of benzene rings is 1. The highest BCUT2D eigenvalue weighted by Gasteiger charge is 2.60. The van der Waals surface area contributed by atoms with E-state index in [-0.39, 0.29) is 11.7 Å². The Balaban J connectivity index is 2.04. The summed E-state index contributed by atoms with van der Waals surface area (Å²) in [7, 11) is 3.07. The predicted octanol–water partition coefficient (Wildman–Crippen LogP) is 2.52. The van der Waals surface area contributed by atoms with E-state index in [1.165, 1.54) is 12.2 Å². The highest BCUT2D eigenvalue weighted by Crippen LogP contribution is 2.44. The number of piperidine rings is 1. The normalized spacial score (nSPS) is 23.7. The molecule has 0 aromatic heterocycles. The predicted molar refractivity (Wildman–Crippen MR) is 95.8 cm³/mol. The van der Waals surface area contributed by atoms with Crippen molar-refractivity contribution in [1.82, 2.24) is 10.1 Å². The van der Waals surface area contributed by atoms with E-state index in [0.29, 0.717) is 25.9 Å². The van der Waals surface area contributed by atoms with E-state index >= 15 is 0 Å². The Morgan fingerprint density at radius 3 is 2.12 bits per heavy atom. The van der Waals surface area contributed by atoms with Crippen LogP contribution in [0.5, 0.6) is 0 Å². The molecule has 0 aliphatic carbocycles. The molecule has 25 heavy (non-hydrogen) atoms. The van der Waals surface area contributed by atoms with Crippen LogP contribution in [0.25, 0.3) is 0 Å². The zero-order valence-corrected chi connectivity index (χ0v) is 16.6. The molecule has 7 heteroatoms. The maximum absolute atomic E-state index is 13.4. The second-order valence-corrected chi connectivity index (χ2v) is 7.62. The molecule has 1 aromatic rings. The lowest BCUT2D eigenvalue weighted by molar-refractivity contribution is -0.219. The summed E-state index contributed by atoms with van der Waals surface area (Å²) in [6.45, 7) is 5.04. The Labute approximate surface area is 156 Å².